The molecule has 1 aliphatic heterocycles. The molecule has 1 saturated carbocycles. The lowest BCUT2D eigenvalue weighted by Crippen LogP contribution is -2.51. The summed E-state index contributed by atoms with van der Waals surface area (Å²) in [6.45, 7) is 5.35. The fourth-order valence-corrected chi connectivity index (χ4v) is 3.17. The van der Waals surface area contributed by atoms with Crippen molar-refractivity contribution in [2.24, 2.45) is 11.8 Å². The Morgan fingerprint density at radius 3 is 2.48 bits per heavy atom. The van der Waals surface area contributed by atoms with Gasteiger partial charge in [-0.05, 0) is 24.5 Å². The molecule has 1 saturated heterocycles. The number of carbonyl (C=O) groups is 2. The Morgan fingerprint density at radius 2 is 1.87 bits per heavy atom. The largest absolute Gasteiger partial charge is 0.340 e. The highest BCUT2D eigenvalue weighted by Gasteiger charge is 2.41. The number of piperazine rings is 1. The third kappa shape index (κ3) is 4.03. The van der Waals surface area contributed by atoms with Crippen LogP contribution in [0.4, 0.5) is 5.69 Å². The first kappa shape index (κ1) is 16.3. The zero-order chi connectivity index (χ0) is 16.4. The summed E-state index contributed by atoms with van der Waals surface area (Å²) >= 11 is 6.04. The maximum atomic E-state index is 12.2. The van der Waals surface area contributed by atoms with E-state index in [1.807, 2.05) is 17.0 Å². The Balaban J connectivity index is 1.44. The molecule has 1 N–H and O–H groups in total. The van der Waals surface area contributed by atoms with E-state index in [9.17, 15) is 9.59 Å². The number of benzene rings is 1. The van der Waals surface area contributed by atoms with Crippen LogP contribution in [0.3, 0.4) is 0 Å². The summed E-state index contributed by atoms with van der Waals surface area (Å²) in [5.41, 5.74) is 0.635. The van der Waals surface area contributed by atoms with Gasteiger partial charge in [0.05, 0.1) is 17.3 Å². The standard InChI is InChI=1S/C17H22ClN3O2/c1-12-10-13(12)17(23)21-8-6-20(7-9-21)11-16(22)19-15-5-3-2-4-14(15)18/h2-5,12-13H,6-11H2,1H3,(H,19,22)/t12-,13+/m0/s1. The van der Waals surface area contributed by atoms with Crippen molar-refractivity contribution in [3.63, 3.8) is 0 Å². The van der Waals surface area contributed by atoms with Gasteiger partial charge in [-0.15, -0.1) is 0 Å². The summed E-state index contributed by atoms with van der Waals surface area (Å²) in [5.74, 6) is 0.998. The summed E-state index contributed by atoms with van der Waals surface area (Å²) in [6.07, 6.45) is 1.03. The Hall–Kier alpha value is -1.59. The number of para-hydroxylation sites is 1. The molecular formula is C17H22ClN3O2. The van der Waals surface area contributed by atoms with Gasteiger partial charge in [-0.25, -0.2) is 0 Å². The third-order valence-electron chi connectivity index (χ3n) is 4.63. The lowest BCUT2D eigenvalue weighted by molar-refractivity contribution is -0.134. The average molecular weight is 336 g/mol. The van der Waals surface area contributed by atoms with Gasteiger partial charge in [0, 0.05) is 32.1 Å². The molecule has 124 valence electrons. The molecule has 0 aromatic heterocycles. The second kappa shape index (κ2) is 6.89. The van der Waals surface area contributed by atoms with Gasteiger partial charge in [-0.2, -0.15) is 0 Å². The van der Waals surface area contributed by atoms with Crippen molar-refractivity contribution in [3.8, 4) is 0 Å². The molecule has 2 atom stereocenters. The van der Waals surface area contributed by atoms with E-state index in [1.54, 1.807) is 12.1 Å². The SMILES string of the molecule is C[C@H]1C[C@H]1C(=O)N1CCN(CC(=O)Nc2ccccc2Cl)CC1. The van der Waals surface area contributed by atoms with Crippen molar-refractivity contribution in [1.29, 1.82) is 0 Å². The highest BCUT2D eigenvalue weighted by molar-refractivity contribution is 6.33. The Labute approximate surface area is 141 Å². The van der Waals surface area contributed by atoms with Crippen LogP contribution in [0, 0.1) is 11.8 Å². The van der Waals surface area contributed by atoms with Gasteiger partial charge in [0.15, 0.2) is 0 Å². The fourth-order valence-electron chi connectivity index (χ4n) is 2.98. The first-order valence-corrected chi connectivity index (χ1v) is 8.48. The second-order valence-electron chi connectivity index (χ2n) is 6.45. The lowest BCUT2D eigenvalue weighted by atomic mass is 10.2. The minimum atomic E-state index is -0.0753. The lowest BCUT2D eigenvalue weighted by Gasteiger charge is -2.34. The number of rotatable bonds is 4. The van der Waals surface area contributed by atoms with Gasteiger partial charge in [0.2, 0.25) is 11.8 Å². The first-order valence-electron chi connectivity index (χ1n) is 8.10. The second-order valence-corrected chi connectivity index (χ2v) is 6.86. The van der Waals surface area contributed by atoms with E-state index in [4.69, 9.17) is 11.6 Å². The molecule has 1 heterocycles. The number of nitrogens with zero attached hydrogens (tertiary/aromatic N) is 2. The molecule has 0 bridgehead atoms. The molecule has 2 amide bonds. The van der Waals surface area contributed by atoms with Gasteiger partial charge in [0.1, 0.15) is 0 Å². The molecule has 1 aromatic rings. The zero-order valence-electron chi connectivity index (χ0n) is 13.3. The van der Waals surface area contributed by atoms with Crippen molar-refractivity contribution in [1.82, 2.24) is 9.80 Å². The molecule has 5 nitrogen and oxygen atoms in total. The minimum absolute atomic E-state index is 0.0753. The quantitative estimate of drug-likeness (QED) is 0.916. The maximum Gasteiger partial charge on any atom is 0.238 e. The molecule has 1 aliphatic carbocycles. The zero-order valence-corrected chi connectivity index (χ0v) is 14.1. The van der Waals surface area contributed by atoms with Gasteiger partial charge >= 0.3 is 0 Å². The van der Waals surface area contributed by atoms with Gasteiger partial charge in [0.25, 0.3) is 0 Å². The predicted molar refractivity (Wildman–Crippen MR) is 90.4 cm³/mol. The van der Waals surface area contributed by atoms with E-state index in [2.05, 4.69) is 17.1 Å². The van der Waals surface area contributed by atoms with Crippen molar-refractivity contribution in [2.75, 3.05) is 38.0 Å². The van der Waals surface area contributed by atoms with Crippen LogP contribution in [0.25, 0.3) is 0 Å². The van der Waals surface area contributed by atoms with E-state index < -0.39 is 0 Å². The monoisotopic (exact) mass is 335 g/mol. The van der Waals surface area contributed by atoms with Crippen LogP contribution in [0.2, 0.25) is 5.02 Å². The van der Waals surface area contributed by atoms with E-state index in [-0.39, 0.29) is 17.7 Å². The van der Waals surface area contributed by atoms with Crippen molar-refractivity contribution < 1.29 is 9.59 Å². The van der Waals surface area contributed by atoms with E-state index in [0.29, 0.717) is 36.3 Å². The molecule has 0 spiro atoms. The number of carbonyl (C=O) groups excluding carboxylic acids is 2. The van der Waals surface area contributed by atoms with Crippen molar-refractivity contribution >= 4 is 29.1 Å². The number of anilines is 1. The molecule has 3 rings (SSSR count). The Bertz CT molecular complexity index is 599. The molecule has 2 fully saturated rings. The van der Waals surface area contributed by atoms with Gasteiger partial charge in [-0.3, -0.25) is 14.5 Å². The average Bonchev–Trinajstić information content (AvgIpc) is 3.26. The number of amides is 2. The van der Waals surface area contributed by atoms with E-state index in [0.717, 1.165) is 19.5 Å². The maximum absolute atomic E-state index is 12.2. The number of hydrogen-bond acceptors (Lipinski definition) is 3. The molecule has 1 aromatic carbocycles. The highest BCUT2D eigenvalue weighted by atomic mass is 35.5. The summed E-state index contributed by atoms with van der Waals surface area (Å²) in [4.78, 5) is 28.3. The topological polar surface area (TPSA) is 52.7 Å². The van der Waals surface area contributed by atoms with Crippen LogP contribution in [-0.2, 0) is 9.59 Å². The number of hydrogen-bond donors (Lipinski definition) is 1. The van der Waals surface area contributed by atoms with E-state index >= 15 is 0 Å². The highest BCUT2D eigenvalue weighted by Crippen LogP contribution is 2.39. The summed E-state index contributed by atoms with van der Waals surface area (Å²) < 4.78 is 0. The number of nitrogens with one attached hydrogen (secondary N) is 1. The fraction of sp³-hybridized carbons (Fsp3) is 0.529. The van der Waals surface area contributed by atoms with Crippen LogP contribution in [0.1, 0.15) is 13.3 Å². The summed E-state index contributed by atoms with van der Waals surface area (Å²) in [6, 6.07) is 7.20. The summed E-state index contributed by atoms with van der Waals surface area (Å²) in [5, 5.41) is 3.37. The Kier molecular flexibility index (Phi) is 4.87. The van der Waals surface area contributed by atoms with Gasteiger partial charge in [-0.1, -0.05) is 30.7 Å². The van der Waals surface area contributed by atoms with Crippen LogP contribution in [0.15, 0.2) is 24.3 Å². The normalized spacial score (nSPS) is 24.3. The molecule has 2 aliphatic rings. The Morgan fingerprint density at radius 1 is 1.22 bits per heavy atom. The predicted octanol–water partition coefficient (Wildman–Crippen LogP) is 2.08. The van der Waals surface area contributed by atoms with E-state index in [1.165, 1.54) is 0 Å². The van der Waals surface area contributed by atoms with Crippen LogP contribution in [0.5, 0.6) is 0 Å². The van der Waals surface area contributed by atoms with Crippen molar-refractivity contribution in [3.05, 3.63) is 29.3 Å². The molecular weight excluding hydrogens is 314 g/mol. The van der Waals surface area contributed by atoms with Crippen LogP contribution in [-0.4, -0.2) is 54.3 Å². The van der Waals surface area contributed by atoms with Crippen LogP contribution >= 0.6 is 11.6 Å². The number of halogens is 1. The van der Waals surface area contributed by atoms with Gasteiger partial charge < -0.3 is 10.2 Å². The minimum Gasteiger partial charge on any atom is -0.340 e. The summed E-state index contributed by atoms with van der Waals surface area (Å²) in [7, 11) is 0. The third-order valence-corrected chi connectivity index (χ3v) is 4.96. The molecule has 0 unspecified atom stereocenters. The smallest absolute Gasteiger partial charge is 0.238 e. The molecule has 6 heteroatoms. The van der Waals surface area contributed by atoms with Crippen molar-refractivity contribution in [2.45, 2.75) is 13.3 Å². The van der Waals surface area contributed by atoms with Crippen LogP contribution < -0.4 is 5.32 Å². The first-order chi connectivity index (χ1) is 11.0. The molecule has 23 heavy (non-hydrogen) atoms. The molecule has 0 radical (unpaired) electrons.